The van der Waals surface area contributed by atoms with Crippen LogP contribution in [0.2, 0.25) is 0 Å². The van der Waals surface area contributed by atoms with Crippen molar-refractivity contribution in [1.29, 1.82) is 0 Å². The number of benzene rings is 2. The number of nitrogens with zero attached hydrogens (tertiary/aromatic N) is 1. The molecule has 7 nitrogen and oxygen atoms in total. The number of hydrogen-bond donors (Lipinski definition) is 2. The highest BCUT2D eigenvalue weighted by Crippen LogP contribution is 2.02. The van der Waals surface area contributed by atoms with Crippen molar-refractivity contribution >= 4 is 21.8 Å². The lowest BCUT2D eigenvalue weighted by Crippen LogP contribution is -2.33. The van der Waals surface area contributed by atoms with Crippen molar-refractivity contribution in [3.05, 3.63) is 71.8 Å². The zero-order chi connectivity index (χ0) is 17.4. The van der Waals surface area contributed by atoms with E-state index in [9.17, 15) is 13.2 Å². The van der Waals surface area contributed by atoms with E-state index in [1.807, 2.05) is 18.2 Å². The third kappa shape index (κ3) is 5.82. The third-order valence-corrected chi connectivity index (χ3v) is 4.19. The van der Waals surface area contributed by atoms with Gasteiger partial charge in [-0.05, 0) is 17.7 Å². The summed E-state index contributed by atoms with van der Waals surface area (Å²) in [5.41, 5.74) is 6.61. The molecule has 0 heterocycles. The number of amidine groups is 1. The second-order valence-corrected chi connectivity index (χ2v) is 6.70. The van der Waals surface area contributed by atoms with Crippen LogP contribution in [0.1, 0.15) is 15.9 Å². The molecule has 2 rings (SSSR count). The summed E-state index contributed by atoms with van der Waals surface area (Å²) in [6.45, 7) is 0.139. The smallest absolute Gasteiger partial charge is 0.365 e. The number of oxime groups is 1. The normalized spacial score (nSPS) is 11.9. The number of carbonyl (C=O) groups is 1. The Morgan fingerprint density at radius 1 is 1.04 bits per heavy atom. The van der Waals surface area contributed by atoms with E-state index in [1.165, 1.54) is 0 Å². The van der Waals surface area contributed by atoms with Crippen molar-refractivity contribution in [3.8, 4) is 0 Å². The Kier molecular flexibility index (Phi) is 6.05. The summed E-state index contributed by atoms with van der Waals surface area (Å²) in [5, 5.41) is 3.37. The van der Waals surface area contributed by atoms with Crippen molar-refractivity contribution in [3.63, 3.8) is 0 Å². The van der Waals surface area contributed by atoms with Crippen molar-refractivity contribution in [2.45, 2.75) is 6.54 Å². The van der Waals surface area contributed by atoms with E-state index >= 15 is 0 Å². The summed E-state index contributed by atoms with van der Waals surface area (Å²) < 4.78 is 26.2. The van der Waals surface area contributed by atoms with Gasteiger partial charge in [0.25, 0.3) is 0 Å². The molecule has 0 bridgehead atoms. The molecule has 0 aliphatic heterocycles. The second-order valence-electron chi connectivity index (χ2n) is 4.89. The molecule has 2 aromatic rings. The lowest BCUT2D eigenvalue weighted by Gasteiger charge is -2.06. The van der Waals surface area contributed by atoms with Crippen molar-refractivity contribution < 1.29 is 18.0 Å². The zero-order valence-corrected chi connectivity index (χ0v) is 13.6. The number of hydrogen-bond acceptors (Lipinski definition) is 5. The first-order valence-electron chi connectivity index (χ1n) is 7.06. The minimum absolute atomic E-state index is 0.139. The topological polar surface area (TPSA) is 111 Å². The van der Waals surface area contributed by atoms with Gasteiger partial charge >= 0.3 is 5.97 Å². The average Bonchev–Trinajstić information content (AvgIpc) is 2.59. The molecule has 3 N–H and O–H groups in total. The highest BCUT2D eigenvalue weighted by atomic mass is 32.2. The SMILES string of the molecule is NC(CS(=O)(=O)NCc1ccccc1)=NOC(=O)c1ccccc1. The van der Waals surface area contributed by atoms with Gasteiger partial charge in [-0.25, -0.2) is 17.9 Å². The Morgan fingerprint density at radius 2 is 1.62 bits per heavy atom. The van der Waals surface area contributed by atoms with Gasteiger partial charge < -0.3 is 10.6 Å². The summed E-state index contributed by atoms with van der Waals surface area (Å²) in [6.07, 6.45) is 0. The minimum atomic E-state index is -3.69. The van der Waals surface area contributed by atoms with E-state index in [1.54, 1.807) is 42.5 Å². The molecule has 0 amide bonds. The van der Waals surface area contributed by atoms with Crippen LogP contribution in [0.4, 0.5) is 0 Å². The average molecular weight is 347 g/mol. The lowest BCUT2D eigenvalue weighted by atomic mass is 10.2. The van der Waals surface area contributed by atoms with Crippen LogP contribution in [0.3, 0.4) is 0 Å². The zero-order valence-electron chi connectivity index (χ0n) is 12.8. The van der Waals surface area contributed by atoms with E-state index < -0.39 is 21.7 Å². The van der Waals surface area contributed by atoms with Crippen LogP contribution < -0.4 is 10.5 Å². The summed E-state index contributed by atoms with van der Waals surface area (Å²) in [7, 11) is -3.69. The minimum Gasteiger partial charge on any atom is -0.384 e. The number of nitrogens with one attached hydrogen (secondary N) is 1. The molecule has 0 saturated heterocycles. The Morgan fingerprint density at radius 3 is 2.25 bits per heavy atom. The second kappa shape index (κ2) is 8.23. The highest BCUT2D eigenvalue weighted by molar-refractivity contribution is 7.90. The maximum Gasteiger partial charge on any atom is 0.365 e. The van der Waals surface area contributed by atoms with E-state index in [0.717, 1.165) is 5.56 Å². The van der Waals surface area contributed by atoms with E-state index in [0.29, 0.717) is 5.56 Å². The first kappa shape index (κ1) is 17.6. The lowest BCUT2D eigenvalue weighted by molar-refractivity contribution is 0.0515. The predicted molar refractivity (Wildman–Crippen MR) is 90.5 cm³/mol. The van der Waals surface area contributed by atoms with Gasteiger partial charge in [0.1, 0.15) is 5.75 Å². The monoisotopic (exact) mass is 347 g/mol. The highest BCUT2D eigenvalue weighted by Gasteiger charge is 2.14. The van der Waals surface area contributed by atoms with Crippen molar-refractivity contribution in [2.75, 3.05) is 5.75 Å². The number of carbonyl (C=O) groups excluding carboxylic acids is 1. The van der Waals surface area contributed by atoms with Gasteiger partial charge in [0.05, 0.1) is 5.56 Å². The molecular formula is C16H17N3O4S. The fourth-order valence-corrected chi connectivity index (χ4v) is 2.72. The van der Waals surface area contributed by atoms with Crippen molar-refractivity contribution in [1.82, 2.24) is 4.72 Å². The molecule has 24 heavy (non-hydrogen) atoms. The van der Waals surface area contributed by atoms with Gasteiger partial charge in [0.2, 0.25) is 10.0 Å². The van der Waals surface area contributed by atoms with Crippen LogP contribution in [0.5, 0.6) is 0 Å². The summed E-state index contributed by atoms with van der Waals surface area (Å²) in [6, 6.07) is 17.2. The molecule has 0 fully saturated rings. The van der Waals surface area contributed by atoms with Crippen LogP contribution in [0, 0.1) is 0 Å². The molecule has 0 aliphatic rings. The van der Waals surface area contributed by atoms with Crippen LogP contribution in [0.15, 0.2) is 65.8 Å². The quantitative estimate of drug-likeness (QED) is 0.339. The Labute approximate surface area is 140 Å². The third-order valence-electron chi connectivity index (χ3n) is 2.93. The largest absolute Gasteiger partial charge is 0.384 e. The van der Waals surface area contributed by atoms with Gasteiger partial charge in [-0.3, -0.25) is 0 Å². The number of sulfonamides is 1. The molecule has 2 aromatic carbocycles. The maximum absolute atomic E-state index is 11.9. The van der Waals surface area contributed by atoms with Crippen LogP contribution in [0.25, 0.3) is 0 Å². The summed E-state index contributed by atoms with van der Waals surface area (Å²) >= 11 is 0. The van der Waals surface area contributed by atoms with E-state index in [2.05, 4.69) is 14.7 Å². The van der Waals surface area contributed by atoms with Crippen molar-refractivity contribution in [2.24, 2.45) is 10.9 Å². The first-order valence-corrected chi connectivity index (χ1v) is 8.71. The molecule has 0 unspecified atom stereocenters. The van der Waals surface area contributed by atoms with Gasteiger partial charge in [-0.15, -0.1) is 0 Å². The molecule has 0 aromatic heterocycles. The Bertz CT molecular complexity index is 806. The maximum atomic E-state index is 11.9. The van der Waals surface area contributed by atoms with Crippen LogP contribution in [-0.4, -0.2) is 26.0 Å². The summed E-state index contributed by atoms with van der Waals surface area (Å²) in [5.74, 6) is -1.60. The molecular weight excluding hydrogens is 330 g/mol. The van der Waals surface area contributed by atoms with E-state index in [-0.39, 0.29) is 12.4 Å². The Hall–Kier alpha value is -2.71. The van der Waals surface area contributed by atoms with Crippen LogP contribution >= 0.6 is 0 Å². The predicted octanol–water partition coefficient (Wildman–Crippen LogP) is 1.24. The molecule has 0 radical (unpaired) electrons. The molecule has 0 atom stereocenters. The molecule has 0 spiro atoms. The van der Waals surface area contributed by atoms with Gasteiger partial charge in [-0.1, -0.05) is 53.7 Å². The number of rotatable bonds is 7. The molecule has 8 heteroatoms. The molecule has 0 aliphatic carbocycles. The first-order chi connectivity index (χ1) is 11.5. The standard InChI is InChI=1S/C16H17N3O4S/c17-15(19-23-16(20)14-9-5-2-6-10-14)12-24(21,22)18-11-13-7-3-1-4-8-13/h1-10,18H,11-12H2,(H2,17,19). The number of nitrogens with two attached hydrogens (primary N) is 1. The van der Waals surface area contributed by atoms with Gasteiger partial charge in [-0.2, -0.15) is 0 Å². The van der Waals surface area contributed by atoms with E-state index in [4.69, 9.17) is 5.73 Å². The molecule has 126 valence electrons. The van der Waals surface area contributed by atoms with Gasteiger partial charge in [0, 0.05) is 6.54 Å². The fraction of sp³-hybridized carbons (Fsp3) is 0.125. The van der Waals surface area contributed by atoms with Crippen LogP contribution in [-0.2, 0) is 21.4 Å². The molecule has 0 saturated carbocycles. The van der Waals surface area contributed by atoms with Gasteiger partial charge in [0.15, 0.2) is 5.84 Å². The fourth-order valence-electron chi connectivity index (χ4n) is 1.79. The Balaban J connectivity index is 1.88. The summed E-state index contributed by atoms with van der Waals surface area (Å²) in [4.78, 5) is 16.3.